The van der Waals surface area contributed by atoms with E-state index in [-0.39, 0.29) is 28.9 Å². The minimum Gasteiger partial charge on any atom is -0.366 e. The predicted molar refractivity (Wildman–Crippen MR) is 131 cm³/mol. The van der Waals surface area contributed by atoms with Crippen LogP contribution in [0.15, 0.2) is 47.4 Å². The Morgan fingerprint density at radius 2 is 1.97 bits per heavy atom. The molecule has 8 heteroatoms. The summed E-state index contributed by atoms with van der Waals surface area (Å²) in [6.07, 6.45) is 2.80. The number of imide groups is 1. The first kappa shape index (κ1) is 23.0. The molecule has 2 aromatic carbocycles. The standard InChI is InChI=1S/C25H27N3O4S/c1-5-27-21-10-9-17(12-20(21)16(2)14-25(27,3)4)13-22-23(29)26(24(30)33-22)15-18-7-6-8-19(11-18)28(31)32/h6-13,16H,5,14-15H2,1-4H3/b22-13-. The molecule has 0 spiro atoms. The molecular formula is C25H27N3O4S. The van der Waals surface area contributed by atoms with Gasteiger partial charge >= 0.3 is 0 Å². The van der Waals surface area contributed by atoms with Crippen molar-refractivity contribution >= 4 is 40.4 Å². The van der Waals surface area contributed by atoms with Crippen LogP contribution in [-0.4, -0.2) is 33.1 Å². The van der Waals surface area contributed by atoms with Crippen LogP contribution in [0.5, 0.6) is 0 Å². The molecule has 7 nitrogen and oxygen atoms in total. The number of nitrogens with zero attached hydrogens (tertiary/aromatic N) is 3. The fraction of sp³-hybridized carbons (Fsp3) is 0.360. The van der Waals surface area contributed by atoms with E-state index in [1.165, 1.54) is 23.4 Å². The van der Waals surface area contributed by atoms with Crippen LogP contribution >= 0.6 is 11.8 Å². The number of thioether (sulfide) groups is 1. The fourth-order valence-corrected chi connectivity index (χ4v) is 5.77. The third-order valence-electron chi connectivity index (χ3n) is 6.36. The van der Waals surface area contributed by atoms with Gasteiger partial charge in [0.1, 0.15) is 0 Å². The maximum atomic E-state index is 13.0. The largest absolute Gasteiger partial charge is 0.366 e. The second kappa shape index (κ2) is 8.67. The summed E-state index contributed by atoms with van der Waals surface area (Å²) in [7, 11) is 0. The van der Waals surface area contributed by atoms with Crippen LogP contribution < -0.4 is 4.90 Å². The Hall–Kier alpha value is -3.13. The Labute approximate surface area is 197 Å². The molecule has 4 rings (SSSR count). The summed E-state index contributed by atoms with van der Waals surface area (Å²) in [6.45, 7) is 9.84. The number of fused-ring (bicyclic) bond motifs is 1. The Kier molecular flexibility index (Phi) is 6.05. The number of anilines is 1. The highest BCUT2D eigenvalue weighted by Crippen LogP contribution is 2.44. The lowest BCUT2D eigenvalue weighted by Gasteiger charge is -2.47. The van der Waals surface area contributed by atoms with E-state index in [9.17, 15) is 19.7 Å². The monoisotopic (exact) mass is 465 g/mol. The quantitative estimate of drug-likeness (QED) is 0.308. The molecule has 0 radical (unpaired) electrons. The number of benzene rings is 2. The molecule has 2 amide bonds. The van der Waals surface area contributed by atoms with Gasteiger partial charge in [0.15, 0.2) is 0 Å². The lowest BCUT2D eigenvalue weighted by molar-refractivity contribution is -0.384. The SMILES string of the molecule is CCN1c2ccc(/C=C3\SC(=O)N(Cc4cccc([N+](=O)[O-])c4)C3=O)cc2C(C)CC1(C)C. The Balaban J connectivity index is 1.59. The van der Waals surface area contributed by atoms with E-state index in [1.54, 1.807) is 18.2 Å². The Morgan fingerprint density at radius 3 is 2.67 bits per heavy atom. The van der Waals surface area contributed by atoms with Crippen molar-refractivity contribution in [3.8, 4) is 0 Å². The third-order valence-corrected chi connectivity index (χ3v) is 7.27. The lowest BCUT2D eigenvalue weighted by atomic mass is 9.79. The van der Waals surface area contributed by atoms with Crippen molar-refractivity contribution in [3.05, 3.63) is 74.2 Å². The third kappa shape index (κ3) is 4.39. The topological polar surface area (TPSA) is 83.8 Å². The molecule has 2 heterocycles. The van der Waals surface area contributed by atoms with Crippen molar-refractivity contribution in [3.63, 3.8) is 0 Å². The van der Waals surface area contributed by atoms with Crippen molar-refractivity contribution in [2.75, 3.05) is 11.4 Å². The van der Waals surface area contributed by atoms with Crippen LogP contribution in [0, 0.1) is 10.1 Å². The molecule has 172 valence electrons. The van der Waals surface area contributed by atoms with Crippen molar-refractivity contribution < 1.29 is 14.5 Å². The van der Waals surface area contributed by atoms with Crippen LogP contribution in [0.3, 0.4) is 0 Å². The lowest BCUT2D eigenvalue weighted by Crippen LogP contribution is -2.48. The Bertz CT molecular complexity index is 1170. The molecule has 2 aromatic rings. The first-order valence-corrected chi connectivity index (χ1v) is 11.8. The first-order valence-electron chi connectivity index (χ1n) is 11.0. The normalized spacial score (nSPS) is 21.0. The summed E-state index contributed by atoms with van der Waals surface area (Å²) < 4.78 is 0. The zero-order valence-corrected chi connectivity index (χ0v) is 20.0. The second-order valence-electron chi connectivity index (χ2n) is 9.17. The summed E-state index contributed by atoms with van der Waals surface area (Å²) in [5.74, 6) is 0.00803. The molecule has 1 atom stereocenters. The van der Waals surface area contributed by atoms with Gasteiger partial charge in [-0.15, -0.1) is 0 Å². The predicted octanol–water partition coefficient (Wildman–Crippen LogP) is 5.94. The van der Waals surface area contributed by atoms with E-state index < -0.39 is 4.92 Å². The zero-order valence-electron chi connectivity index (χ0n) is 19.2. The second-order valence-corrected chi connectivity index (χ2v) is 10.2. The number of carbonyl (C=O) groups excluding carboxylic acids is 2. The van der Waals surface area contributed by atoms with Gasteiger partial charge in [-0.3, -0.25) is 24.6 Å². The van der Waals surface area contributed by atoms with E-state index in [4.69, 9.17) is 0 Å². The first-order chi connectivity index (χ1) is 15.6. The van der Waals surface area contributed by atoms with E-state index in [1.807, 2.05) is 6.07 Å². The number of carbonyl (C=O) groups is 2. The van der Waals surface area contributed by atoms with Gasteiger partial charge in [-0.2, -0.15) is 0 Å². The van der Waals surface area contributed by atoms with Gasteiger partial charge < -0.3 is 4.90 Å². The molecule has 0 aromatic heterocycles. The molecule has 2 aliphatic rings. The summed E-state index contributed by atoms with van der Waals surface area (Å²) in [5, 5.41) is 10.6. The molecule has 1 unspecified atom stereocenters. The number of amides is 2. The highest BCUT2D eigenvalue weighted by molar-refractivity contribution is 8.18. The molecular weight excluding hydrogens is 438 g/mol. The van der Waals surface area contributed by atoms with Gasteiger partial charge in [-0.1, -0.05) is 25.1 Å². The number of rotatable bonds is 5. The molecule has 1 saturated heterocycles. The van der Waals surface area contributed by atoms with Crippen molar-refractivity contribution in [1.82, 2.24) is 4.90 Å². The minimum absolute atomic E-state index is 0.00541. The van der Waals surface area contributed by atoms with Crippen LogP contribution in [0.1, 0.15) is 56.7 Å². The van der Waals surface area contributed by atoms with E-state index >= 15 is 0 Å². The van der Waals surface area contributed by atoms with Crippen molar-refractivity contribution in [2.45, 2.75) is 52.1 Å². The summed E-state index contributed by atoms with van der Waals surface area (Å²) in [5.41, 5.74) is 3.91. The summed E-state index contributed by atoms with van der Waals surface area (Å²) in [6, 6.07) is 12.2. The smallest absolute Gasteiger partial charge is 0.293 e. The highest BCUT2D eigenvalue weighted by Gasteiger charge is 2.37. The molecule has 0 bridgehead atoms. The van der Waals surface area contributed by atoms with Crippen molar-refractivity contribution in [1.29, 1.82) is 0 Å². The van der Waals surface area contributed by atoms with E-state index in [0.717, 1.165) is 35.2 Å². The summed E-state index contributed by atoms with van der Waals surface area (Å²) in [4.78, 5) is 39.9. The van der Waals surface area contributed by atoms with Gasteiger partial charge in [0, 0.05) is 29.9 Å². The van der Waals surface area contributed by atoms with Crippen LogP contribution in [0.25, 0.3) is 6.08 Å². The summed E-state index contributed by atoms with van der Waals surface area (Å²) >= 11 is 0.904. The van der Waals surface area contributed by atoms with E-state index in [0.29, 0.717) is 16.4 Å². The number of hydrogen-bond acceptors (Lipinski definition) is 6. The Morgan fingerprint density at radius 1 is 1.21 bits per heavy atom. The molecule has 0 N–H and O–H groups in total. The van der Waals surface area contributed by atoms with Gasteiger partial charge in [0.2, 0.25) is 0 Å². The average Bonchev–Trinajstić information content (AvgIpc) is 3.01. The number of non-ortho nitro benzene ring substituents is 1. The van der Waals surface area contributed by atoms with Crippen LogP contribution in [0.2, 0.25) is 0 Å². The minimum atomic E-state index is -0.491. The molecule has 1 fully saturated rings. The van der Waals surface area contributed by atoms with E-state index in [2.05, 4.69) is 44.7 Å². The van der Waals surface area contributed by atoms with Crippen LogP contribution in [-0.2, 0) is 11.3 Å². The fourth-order valence-electron chi connectivity index (χ4n) is 4.94. The molecule has 0 aliphatic carbocycles. The molecule has 0 saturated carbocycles. The number of nitro benzene ring substituents is 1. The van der Waals surface area contributed by atoms with Gasteiger partial charge in [0.05, 0.1) is 16.4 Å². The molecule has 2 aliphatic heterocycles. The highest BCUT2D eigenvalue weighted by atomic mass is 32.2. The number of hydrogen-bond donors (Lipinski definition) is 0. The van der Waals surface area contributed by atoms with Gasteiger partial charge in [-0.05, 0) is 79.8 Å². The molecule has 33 heavy (non-hydrogen) atoms. The number of nitro groups is 1. The maximum Gasteiger partial charge on any atom is 0.293 e. The van der Waals surface area contributed by atoms with Crippen LogP contribution in [0.4, 0.5) is 16.2 Å². The maximum absolute atomic E-state index is 13.0. The zero-order chi connectivity index (χ0) is 23.9. The average molecular weight is 466 g/mol. The van der Waals surface area contributed by atoms with Gasteiger partial charge in [0.25, 0.3) is 16.8 Å². The van der Waals surface area contributed by atoms with Crippen molar-refractivity contribution in [2.24, 2.45) is 0 Å². The van der Waals surface area contributed by atoms with Gasteiger partial charge in [-0.25, -0.2) is 0 Å².